The van der Waals surface area contributed by atoms with Gasteiger partial charge in [-0.2, -0.15) is 0 Å². The van der Waals surface area contributed by atoms with E-state index in [1.165, 1.54) is 11.1 Å². The maximum Gasteiger partial charge on any atom is 0.0843 e. The fourth-order valence-corrected chi connectivity index (χ4v) is 2.72. The second-order valence-corrected chi connectivity index (χ2v) is 4.89. The Labute approximate surface area is 109 Å². The van der Waals surface area contributed by atoms with Gasteiger partial charge >= 0.3 is 0 Å². The summed E-state index contributed by atoms with van der Waals surface area (Å²) in [6.07, 6.45) is 3.00. The molecule has 18 heavy (non-hydrogen) atoms. The SMILES string of the molecule is CCC(OC)C(N)CC1OCCc2ccccc21. The molecule has 1 aromatic rings. The minimum Gasteiger partial charge on any atom is -0.380 e. The predicted molar refractivity (Wildman–Crippen MR) is 72.5 cm³/mol. The van der Waals surface area contributed by atoms with E-state index < -0.39 is 0 Å². The van der Waals surface area contributed by atoms with Crippen LogP contribution in [0, 0.1) is 0 Å². The molecule has 0 radical (unpaired) electrons. The molecular weight excluding hydrogens is 226 g/mol. The topological polar surface area (TPSA) is 44.5 Å². The van der Waals surface area contributed by atoms with Gasteiger partial charge in [0.05, 0.1) is 18.8 Å². The molecule has 0 saturated heterocycles. The largest absolute Gasteiger partial charge is 0.380 e. The van der Waals surface area contributed by atoms with E-state index in [0.29, 0.717) is 0 Å². The highest BCUT2D eigenvalue weighted by Gasteiger charge is 2.25. The molecule has 1 aliphatic rings. The number of benzene rings is 1. The van der Waals surface area contributed by atoms with E-state index in [9.17, 15) is 0 Å². The molecule has 1 heterocycles. The molecule has 1 aliphatic heterocycles. The molecule has 0 amide bonds. The Hall–Kier alpha value is -0.900. The van der Waals surface area contributed by atoms with Gasteiger partial charge in [-0.15, -0.1) is 0 Å². The monoisotopic (exact) mass is 249 g/mol. The van der Waals surface area contributed by atoms with Crippen LogP contribution in [-0.4, -0.2) is 25.9 Å². The fraction of sp³-hybridized carbons (Fsp3) is 0.600. The van der Waals surface area contributed by atoms with Crippen LogP contribution in [0.15, 0.2) is 24.3 Å². The predicted octanol–water partition coefficient (Wildman–Crippen LogP) is 2.44. The Balaban J connectivity index is 2.07. The summed E-state index contributed by atoms with van der Waals surface area (Å²) in [5, 5.41) is 0. The minimum atomic E-state index is 0.0242. The van der Waals surface area contributed by atoms with Gasteiger partial charge in [0.1, 0.15) is 0 Å². The molecule has 3 atom stereocenters. The summed E-state index contributed by atoms with van der Waals surface area (Å²) < 4.78 is 11.3. The molecule has 2 rings (SSSR count). The molecule has 100 valence electrons. The smallest absolute Gasteiger partial charge is 0.0843 e. The lowest BCUT2D eigenvalue weighted by Gasteiger charge is -2.30. The second kappa shape index (κ2) is 6.32. The highest BCUT2D eigenvalue weighted by Crippen LogP contribution is 2.30. The lowest BCUT2D eigenvalue weighted by atomic mass is 9.92. The zero-order valence-corrected chi connectivity index (χ0v) is 11.3. The van der Waals surface area contributed by atoms with E-state index in [-0.39, 0.29) is 18.2 Å². The molecule has 2 N–H and O–H groups in total. The van der Waals surface area contributed by atoms with Crippen molar-refractivity contribution in [2.24, 2.45) is 5.73 Å². The van der Waals surface area contributed by atoms with Crippen LogP contribution in [0.4, 0.5) is 0 Å². The molecule has 0 fully saturated rings. The number of hydrogen-bond acceptors (Lipinski definition) is 3. The maximum atomic E-state index is 6.22. The molecule has 0 aliphatic carbocycles. The molecule has 0 bridgehead atoms. The van der Waals surface area contributed by atoms with Gasteiger partial charge in [-0.1, -0.05) is 31.2 Å². The number of fused-ring (bicyclic) bond motifs is 1. The van der Waals surface area contributed by atoms with Gasteiger partial charge in [0.2, 0.25) is 0 Å². The first-order valence-electron chi connectivity index (χ1n) is 6.74. The zero-order chi connectivity index (χ0) is 13.0. The molecule has 3 unspecified atom stereocenters. The van der Waals surface area contributed by atoms with Crippen LogP contribution in [0.3, 0.4) is 0 Å². The first kappa shape index (κ1) is 13.5. The average molecular weight is 249 g/mol. The number of rotatable bonds is 5. The summed E-state index contributed by atoms with van der Waals surface area (Å²) >= 11 is 0. The standard InChI is InChI=1S/C15H23NO2/c1-3-14(17-2)13(16)10-15-12-7-5-4-6-11(12)8-9-18-15/h4-7,13-15H,3,8-10,16H2,1-2H3. The van der Waals surface area contributed by atoms with E-state index >= 15 is 0 Å². The van der Waals surface area contributed by atoms with Crippen molar-refractivity contribution in [1.29, 1.82) is 0 Å². The van der Waals surface area contributed by atoms with E-state index in [0.717, 1.165) is 25.9 Å². The second-order valence-electron chi connectivity index (χ2n) is 4.89. The van der Waals surface area contributed by atoms with E-state index in [2.05, 4.69) is 31.2 Å². The number of nitrogens with two attached hydrogens (primary N) is 1. The Morgan fingerprint density at radius 2 is 2.22 bits per heavy atom. The first-order valence-corrected chi connectivity index (χ1v) is 6.74. The highest BCUT2D eigenvalue weighted by molar-refractivity contribution is 5.31. The lowest BCUT2D eigenvalue weighted by molar-refractivity contribution is 0.00819. The van der Waals surface area contributed by atoms with Crippen LogP contribution in [0.25, 0.3) is 0 Å². The quantitative estimate of drug-likeness (QED) is 0.871. The lowest BCUT2D eigenvalue weighted by Crippen LogP contribution is -2.38. The van der Waals surface area contributed by atoms with Crippen molar-refractivity contribution in [2.45, 2.75) is 44.4 Å². The number of ether oxygens (including phenoxy) is 2. The van der Waals surface area contributed by atoms with Crippen LogP contribution in [0.2, 0.25) is 0 Å². The third-order valence-electron chi connectivity index (χ3n) is 3.76. The van der Waals surface area contributed by atoms with E-state index in [4.69, 9.17) is 15.2 Å². The molecule has 0 aromatic heterocycles. The van der Waals surface area contributed by atoms with Gasteiger partial charge in [-0.25, -0.2) is 0 Å². The van der Waals surface area contributed by atoms with Gasteiger partial charge in [0.25, 0.3) is 0 Å². The molecule has 3 nitrogen and oxygen atoms in total. The third-order valence-corrected chi connectivity index (χ3v) is 3.76. The summed E-state index contributed by atoms with van der Waals surface area (Å²) in [6, 6.07) is 8.52. The highest BCUT2D eigenvalue weighted by atomic mass is 16.5. The Bertz CT molecular complexity index is 377. The number of hydrogen-bond donors (Lipinski definition) is 1. The van der Waals surface area contributed by atoms with Gasteiger partial charge in [-0.05, 0) is 30.4 Å². The van der Waals surface area contributed by atoms with E-state index in [1.54, 1.807) is 7.11 Å². The number of methoxy groups -OCH3 is 1. The summed E-state index contributed by atoms with van der Waals surface area (Å²) in [5.41, 5.74) is 8.91. The maximum absolute atomic E-state index is 6.22. The first-order chi connectivity index (χ1) is 8.76. The van der Waals surface area contributed by atoms with Crippen LogP contribution < -0.4 is 5.73 Å². The van der Waals surface area contributed by atoms with Crippen LogP contribution in [0.5, 0.6) is 0 Å². The van der Waals surface area contributed by atoms with Crippen molar-refractivity contribution >= 4 is 0 Å². The summed E-state index contributed by atoms with van der Waals surface area (Å²) in [5.74, 6) is 0. The Morgan fingerprint density at radius 3 is 2.94 bits per heavy atom. The Morgan fingerprint density at radius 1 is 1.44 bits per heavy atom. The van der Waals surface area contributed by atoms with Crippen molar-refractivity contribution in [2.75, 3.05) is 13.7 Å². The Kier molecular flexibility index (Phi) is 4.75. The average Bonchev–Trinajstić information content (AvgIpc) is 2.40. The van der Waals surface area contributed by atoms with Crippen molar-refractivity contribution in [1.82, 2.24) is 0 Å². The minimum absolute atomic E-state index is 0.0242. The van der Waals surface area contributed by atoms with Crippen molar-refractivity contribution < 1.29 is 9.47 Å². The molecule has 0 saturated carbocycles. The molecule has 1 aromatic carbocycles. The van der Waals surface area contributed by atoms with Gasteiger partial charge < -0.3 is 15.2 Å². The van der Waals surface area contributed by atoms with Crippen molar-refractivity contribution in [3.8, 4) is 0 Å². The summed E-state index contributed by atoms with van der Waals surface area (Å²) in [6.45, 7) is 2.89. The fourth-order valence-electron chi connectivity index (χ4n) is 2.72. The van der Waals surface area contributed by atoms with Gasteiger partial charge in [0.15, 0.2) is 0 Å². The van der Waals surface area contributed by atoms with Crippen LogP contribution in [0.1, 0.15) is 37.0 Å². The molecule has 3 heteroatoms. The molecule has 0 spiro atoms. The summed E-state index contributed by atoms with van der Waals surface area (Å²) in [7, 11) is 1.73. The van der Waals surface area contributed by atoms with Crippen LogP contribution >= 0.6 is 0 Å². The normalized spacial score (nSPS) is 22.3. The van der Waals surface area contributed by atoms with Crippen molar-refractivity contribution in [3.63, 3.8) is 0 Å². The van der Waals surface area contributed by atoms with Crippen LogP contribution in [-0.2, 0) is 15.9 Å². The van der Waals surface area contributed by atoms with E-state index in [1.807, 2.05) is 0 Å². The van der Waals surface area contributed by atoms with Gasteiger partial charge in [-0.3, -0.25) is 0 Å². The third kappa shape index (κ3) is 2.91. The zero-order valence-electron chi connectivity index (χ0n) is 11.3. The molecular formula is C15H23NO2. The summed E-state index contributed by atoms with van der Waals surface area (Å²) in [4.78, 5) is 0. The van der Waals surface area contributed by atoms with Gasteiger partial charge in [0, 0.05) is 13.2 Å². The van der Waals surface area contributed by atoms with Crippen molar-refractivity contribution in [3.05, 3.63) is 35.4 Å².